The summed E-state index contributed by atoms with van der Waals surface area (Å²) >= 11 is 6.31. The molecule has 3 rings (SSSR count). The molecule has 0 radical (unpaired) electrons. The van der Waals surface area contributed by atoms with Crippen molar-refractivity contribution in [2.45, 2.75) is 19.9 Å². The number of hydrogen-bond acceptors (Lipinski definition) is 4. The first-order valence-corrected chi connectivity index (χ1v) is 11.0. The van der Waals surface area contributed by atoms with Gasteiger partial charge in [0.15, 0.2) is 0 Å². The number of hydrogen-bond donors (Lipinski definition) is 1. The fraction of sp³-hybridized carbons (Fsp3) is 0.185. The first-order valence-electron chi connectivity index (χ1n) is 10.7. The number of methoxy groups -OCH3 is 1. The van der Waals surface area contributed by atoms with Gasteiger partial charge in [-0.3, -0.25) is 9.59 Å². The summed E-state index contributed by atoms with van der Waals surface area (Å²) in [6.07, 6.45) is 4.85. The molecule has 5 nitrogen and oxygen atoms in total. The van der Waals surface area contributed by atoms with Gasteiger partial charge >= 0.3 is 0 Å². The fourth-order valence-electron chi connectivity index (χ4n) is 3.33. The molecule has 0 aromatic heterocycles. The van der Waals surface area contributed by atoms with E-state index < -0.39 is 0 Å². The number of amides is 1. The lowest BCUT2D eigenvalue weighted by atomic mass is 10.00. The molecular formula is C27H26ClNO4. The Bertz CT molecular complexity index is 1160. The lowest BCUT2D eigenvalue weighted by Crippen LogP contribution is -2.23. The summed E-state index contributed by atoms with van der Waals surface area (Å²) in [5.41, 5.74) is 4.09. The largest absolute Gasteiger partial charge is 0.496 e. The summed E-state index contributed by atoms with van der Waals surface area (Å²) in [6.45, 7) is 2.88. The molecule has 33 heavy (non-hydrogen) atoms. The van der Waals surface area contributed by atoms with Gasteiger partial charge in [-0.2, -0.15) is 0 Å². The Morgan fingerprint density at radius 1 is 1.06 bits per heavy atom. The van der Waals surface area contributed by atoms with Crippen LogP contribution >= 0.6 is 11.6 Å². The van der Waals surface area contributed by atoms with Crippen LogP contribution in [-0.2, 0) is 11.3 Å². The topological polar surface area (TPSA) is 64.6 Å². The zero-order chi connectivity index (χ0) is 23.6. The normalized spacial score (nSPS) is 10.8. The maximum atomic E-state index is 12.8. The molecule has 6 heteroatoms. The van der Waals surface area contributed by atoms with Crippen molar-refractivity contribution in [2.75, 3.05) is 13.7 Å². The van der Waals surface area contributed by atoms with Gasteiger partial charge in [0.1, 0.15) is 17.8 Å². The molecule has 1 amide bonds. The second-order valence-corrected chi connectivity index (χ2v) is 7.73. The molecule has 0 aliphatic carbocycles. The first kappa shape index (κ1) is 24.1. The molecule has 0 saturated heterocycles. The van der Waals surface area contributed by atoms with Crippen molar-refractivity contribution in [3.05, 3.63) is 88.5 Å². The maximum absolute atomic E-state index is 12.8. The zero-order valence-corrected chi connectivity index (χ0v) is 19.4. The van der Waals surface area contributed by atoms with Gasteiger partial charge in [-0.05, 0) is 65.6 Å². The molecule has 0 bridgehead atoms. The average molecular weight is 464 g/mol. The van der Waals surface area contributed by atoms with Crippen LogP contribution in [0.1, 0.15) is 34.8 Å². The molecule has 0 fully saturated rings. The minimum atomic E-state index is -0.282. The molecular weight excluding hydrogens is 438 g/mol. The summed E-state index contributed by atoms with van der Waals surface area (Å²) < 4.78 is 11.0. The Kier molecular flexibility index (Phi) is 8.67. The average Bonchev–Trinajstić information content (AvgIpc) is 2.84. The van der Waals surface area contributed by atoms with Crippen molar-refractivity contribution in [1.82, 2.24) is 5.32 Å². The van der Waals surface area contributed by atoms with Crippen LogP contribution in [0.5, 0.6) is 11.5 Å². The summed E-state index contributed by atoms with van der Waals surface area (Å²) in [7, 11) is 1.59. The number of carbonyl (C=O) groups excluding carboxylic acids is 2. The summed E-state index contributed by atoms with van der Waals surface area (Å²) in [6, 6.07) is 18.7. The predicted octanol–water partition coefficient (Wildman–Crippen LogP) is 5.95. The minimum absolute atomic E-state index is 0.269. The van der Waals surface area contributed by atoms with Crippen LogP contribution in [0.15, 0.2) is 66.7 Å². The van der Waals surface area contributed by atoms with Crippen LogP contribution in [0.2, 0.25) is 5.02 Å². The molecule has 0 aliphatic heterocycles. The van der Waals surface area contributed by atoms with Crippen molar-refractivity contribution in [2.24, 2.45) is 0 Å². The Morgan fingerprint density at radius 3 is 2.61 bits per heavy atom. The van der Waals surface area contributed by atoms with Gasteiger partial charge in [-0.15, -0.1) is 0 Å². The van der Waals surface area contributed by atoms with Crippen molar-refractivity contribution >= 4 is 29.9 Å². The van der Waals surface area contributed by atoms with Gasteiger partial charge in [0, 0.05) is 12.1 Å². The smallest absolute Gasteiger partial charge is 0.253 e. The third kappa shape index (κ3) is 6.46. The lowest BCUT2D eigenvalue weighted by Gasteiger charge is -2.13. The molecule has 0 spiro atoms. The Hall–Kier alpha value is -3.57. The van der Waals surface area contributed by atoms with E-state index in [2.05, 4.69) is 5.32 Å². The van der Waals surface area contributed by atoms with E-state index >= 15 is 0 Å². The second kappa shape index (κ2) is 11.9. The maximum Gasteiger partial charge on any atom is 0.253 e. The van der Waals surface area contributed by atoms with Crippen molar-refractivity contribution in [1.29, 1.82) is 0 Å². The third-order valence-electron chi connectivity index (χ3n) is 4.97. The molecule has 0 saturated carbocycles. The highest BCUT2D eigenvalue weighted by Gasteiger charge is 2.13. The van der Waals surface area contributed by atoms with Crippen molar-refractivity contribution < 1.29 is 19.1 Å². The molecule has 3 aromatic rings. The van der Waals surface area contributed by atoms with Crippen molar-refractivity contribution in [3.8, 4) is 22.6 Å². The van der Waals surface area contributed by atoms with Gasteiger partial charge < -0.3 is 14.8 Å². The molecule has 0 aliphatic rings. The van der Waals surface area contributed by atoms with Crippen LogP contribution in [0, 0.1) is 0 Å². The number of rotatable bonds is 10. The number of ether oxygens (including phenoxy) is 2. The minimum Gasteiger partial charge on any atom is -0.496 e. The van der Waals surface area contributed by atoms with Gasteiger partial charge in [0.2, 0.25) is 0 Å². The quantitative estimate of drug-likeness (QED) is 0.298. The third-order valence-corrected chi connectivity index (χ3v) is 5.28. The van der Waals surface area contributed by atoms with Gasteiger partial charge in [-0.1, -0.05) is 48.9 Å². The van der Waals surface area contributed by atoms with E-state index in [0.717, 1.165) is 35.0 Å². The number of allylic oxidation sites excluding steroid dienone is 1. The predicted molar refractivity (Wildman–Crippen MR) is 132 cm³/mol. The van der Waals surface area contributed by atoms with E-state index in [1.54, 1.807) is 31.4 Å². The molecule has 170 valence electrons. The van der Waals surface area contributed by atoms with Gasteiger partial charge in [0.25, 0.3) is 5.91 Å². The van der Waals surface area contributed by atoms with E-state index in [4.69, 9.17) is 21.1 Å². The highest BCUT2D eigenvalue weighted by molar-refractivity contribution is 6.34. The molecule has 0 heterocycles. The number of carbonyl (C=O) groups is 2. The second-order valence-electron chi connectivity index (χ2n) is 7.32. The van der Waals surface area contributed by atoms with E-state index in [9.17, 15) is 9.59 Å². The van der Waals surface area contributed by atoms with Crippen LogP contribution in [-0.4, -0.2) is 25.9 Å². The highest BCUT2D eigenvalue weighted by atomic mass is 35.5. The summed E-state index contributed by atoms with van der Waals surface area (Å²) in [4.78, 5) is 23.4. The zero-order valence-electron chi connectivity index (χ0n) is 18.6. The van der Waals surface area contributed by atoms with Gasteiger partial charge in [-0.25, -0.2) is 0 Å². The van der Waals surface area contributed by atoms with Crippen LogP contribution < -0.4 is 14.8 Å². The van der Waals surface area contributed by atoms with E-state index in [1.165, 1.54) is 6.08 Å². The molecule has 0 atom stereocenters. The van der Waals surface area contributed by atoms with Crippen LogP contribution in [0.25, 0.3) is 17.2 Å². The molecule has 1 N–H and O–H groups in total. The summed E-state index contributed by atoms with van der Waals surface area (Å²) in [5.74, 6) is 1.03. The SMILES string of the molecule is CCCOc1ccc(C(=O)NCc2cc(-c3cccc(/C=C/C=O)c3)ccc2OC)c(Cl)c1. The number of benzene rings is 3. The Balaban J connectivity index is 1.78. The van der Waals surface area contributed by atoms with Gasteiger partial charge in [0.05, 0.1) is 24.3 Å². The molecule has 0 unspecified atom stereocenters. The standard InChI is InChI=1S/C27H26ClNO4/c1-3-14-33-23-10-11-24(25(28)17-23)27(31)29-18-22-16-21(9-12-26(22)32-2)20-8-4-6-19(15-20)7-5-13-30/h4-13,15-17H,3,14,18H2,1-2H3,(H,29,31)/b7-5+. The fourth-order valence-corrected chi connectivity index (χ4v) is 3.59. The summed E-state index contributed by atoms with van der Waals surface area (Å²) in [5, 5.41) is 3.25. The first-order chi connectivity index (χ1) is 16.0. The van der Waals surface area contributed by atoms with Crippen LogP contribution in [0.3, 0.4) is 0 Å². The monoisotopic (exact) mass is 463 g/mol. The Morgan fingerprint density at radius 2 is 1.88 bits per heavy atom. The highest BCUT2D eigenvalue weighted by Crippen LogP contribution is 2.28. The molecule has 3 aromatic carbocycles. The van der Waals surface area contributed by atoms with E-state index in [1.807, 2.05) is 49.4 Å². The van der Waals surface area contributed by atoms with E-state index in [-0.39, 0.29) is 12.5 Å². The number of aldehydes is 1. The van der Waals surface area contributed by atoms with Crippen molar-refractivity contribution in [3.63, 3.8) is 0 Å². The van der Waals surface area contributed by atoms with E-state index in [0.29, 0.717) is 28.7 Å². The lowest BCUT2D eigenvalue weighted by molar-refractivity contribution is -0.104. The number of nitrogens with one attached hydrogen (secondary N) is 1. The number of halogens is 1. The van der Waals surface area contributed by atoms with Crippen LogP contribution in [0.4, 0.5) is 0 Å². The Labute approximate surface area is 199 Å².